The van der Waals surface area contributed by atoms with Crippen LogP contribution in [0.4, 0.5) is 0 Å². The monoisotopic (exact) mass is 354 g/mol. The van der Waals surface area contributed by atoms with E-state index in [0.717, 1.165) is 0 Å². The van der Waals surface area contributed by atoms with Crippen LogP contribution in [0, 0.1) is 11.8 Å². The first-order chi connectivity index (χ1) is 11.2. The van der Waals surface area contributed by atoms with Crippen LogP contribution in [0.5, 0.6) is 0 Å². The summed E-state index contributed by atoms with van der Waals surface area (Å²) >= 11 is 5.89. The summed E-state index contributed by atoms with van der Waals surface area (Å²) in [7, 11) is 2.37. The average molecular weight is 355 g/mol. The Morgan fingerprint density at radius 3 is 2.21 bits per heavy atom. The number of carbonyl (C=O) groups excluding carboxylic acids is 3. The molecular formula is C17H19ClO6. The smallest absolute Gasteiger partial charge is 0.316 e. The zero-order chi connectivity index (χ0) is 18.1. The third-order valence-electron chi connectivity index (χ3n) is 4.43. The van der Waals surface area contributed by atoms with Gasteiger partial charge in [0.15, 0.2) is 5.78 Å². The lowest BCUT2D eigenvalue weighted by Gasteiger charge is -2.43. The van der Waals surface area contributed by atoms with Crippen molar-refractivity contribution in [2.45, 2.75) is 24.9 Å². The van der Waals surface area contributed by atoms with Crippen molar-refractivity contribution in [3.8, 4) is 0 Å². The Bertz CT molecular complexity index is 652. The fourth-order valence-electron chi connectivity index (χ4n) is 3.35. The van der Waals surface area contributed by atoms with Gasteiger partial charge in [0.2, 0.25) is 0 Å². The van der Waals surface area contributed by atoms with E-state index in [1.165, 1.54) is 21.1 Å². The molecule has 0 saturated heterocycles. The van der Waals surface area contributed by atoms with E-state index in [0.29, 0.717) is 10.6 Å². The van der Waals surface area contributed by atoms with Crippen molar-refractivity contribution in [2.75, 3.05) is 14.2 Å². The molecular weight excluding hydrogens is 336 g/mol. The second kappa shape index (κ2) is 6.91. The van der Waals surface area contributed by atoms with Crippen molar-refractivity contribution in [1.29, 1.82) is 0 Å². The van der Waals surface area contributed by atoms with Gasteiger partial charge in [-0.15, -0.1) is 0 Å². The highest BCUT2D eigenvalue weighted by Crippen LogP contribution is 2.46. The molecule has 0 radical (unpaired) electrons. The van der Waals surface area contributed by atoms with Gasteiger partial charge in [0.1, 0.15) is 5.92 Å². The third-order valence-corrected chi connectivity index (χ3v) is 4.68. The Labute approximate surface area is 144 Å². The zero-order valence-corrected chi connectivity index (χ0v) is 14.4. The predicted octanol–water partition coefficient (Wildman–Crippen LogP) is 1.73. The molecule has 1 aromatic carbocycles. The highest BCUT2D eigenvalue weighted by atomic mass is 35.5. The van der Waals surface area contributed by atoms with Gasteiger partial charge in [-0.05, 0) is 24.6 Å². The average Bonchev–Trinajstić information content (AvgIpc) is 2.53. The number of ether oxygens (including phenoxy) is 2. The quantitative estimate of drug-likeness (QED) is 0.656. The van der Waals surface area contributed by atoms with Crippen LogP contribution in [0.2, 0.25) is 5.02 Å². The SMILES string of the molecule is COC(=O)[C@H]1C(=O)C[C@](C)(O)[C@H](C(=O)OC)[C@@H]1c1ccc(Cl)cc1. The van der Waals surface area contributed by atoms with Gasteiger partial charge in [0.05, 0.1) is 25.7 Å². The Morgan fingerprint density at radius 1 is 1.17 bits per heavy atom. The van der Waals surface area contributed by atoms with Crippen LogP contribution in [-0.2, 0) is 23.9 Å². The topological polar surface area (TPSA) is 89.9 Å². The number of methoxy groups -OCH3 is 2. The molecule has 0 unspecified atom stereocenters. The van der Waals surface area contributed by atoms with Gasteiger partial charge >= 0.3 is 11.9 Å². The number of halogens is 1. The minimum absolute atomic E-state index is 0.337. The highest BCUT2D eigenvalue weighted by molar-refractivity contribution is 6.30. The van der Waals surface area contributed by atoms with Crippen molar-refractivity contribution in [2.24, 2.45) is 11.8 Å². The van der Waals surface area contributed by atoms with Crippen LogP contribution < -0.4 is 0 Å². The van der Waals surface area contributed by atoms with E-state index in [1.807, 2.05) is 0 Å². The molecule has 0 aromatic heterocycles. The zero-order valence-electron chi connectivity index (χ0n) is 13.6. The van der Waals surface area contributed by atoms with Gasteiger partial charge < -0.3 is 14.6 Å². The Balaban J connectivity index is 2.63. The van der Waals surface area contributed by atoms with Crippen molar-refractivity contribution < 1.29 is 29.0 Å². The standard InChI is InChI=1S/C17H19ClO6/c1-17(22)8-11(19)13(15(20)23-2)12(14(17)16(21)24-3)9-4-6-10(18)7-5-9/h4-7,12-14,22H,8H2,1-3H3/t12-,13+,14+,17+/m1/s1. The van der Waals surface area contributed by atoms with E-state index in [2.05, 4.69) is 0 Å². The van der Waals surface area contributed by atoms with E-state index in [9.17, 15) is 19.5 Å². The molecule has 0 amide bonds. The van der Waals surface area contributed by atoms with Crippen molar-refractivity contribution in [3.63, 3.8) is 0 Å². The molecule has 1 aliphatic carbocycles. The number of benzene rings is 1. The number of carbonyl (C=O) groups is 3. The van der Waals surface area contributed by atoms with Crippen LogP contribution >= 0.6 is 11.6 Å². The normalized spacial score (nSPS) is 29.9. The lowest BCUT2D eigenvalue weighted by atomic mass is 9.62. The van der Waals surface area contributed by atoms with Gasteiger partial charge in [-0.25, -0.2) is 0 Å². The van der Waals surface area contributed by atoms with Crippen LogP contribution in [-0.4, -0.2) is 42.6 Å². The lowest BCUT2D eigenvalue weighted by molar-refractivity contribution is -0.170. The maximum Gasteiger partial charge on any atom is 0.316 e. The third kappa shape index (κ3) is 3.30. The molecule has 1 aromatic rings. The lowest BCUT2D eigenvalue weighted by Crippen LogP contribution is -2.55. The largest absolute Gasteiger partial charge is 0.469 e. The Morgan fingerprint density at radius 2 is 1.71 bits per heavy atom. The van der Waals surface area contributed by atoms with Gasteiger partial charge in [-0.3, -0.25) is 14.4 Å². The fourth-order valence-corrected chi connectivity index (χ4v) is 3.48. The van der Waals surface area contributed by atoms with E-state index < -0.39 is 41.1 Å². The molecule has 0 heterocycles. The number of Topliss-reactive ketones (excluding diaryl/α,β-unsaturated/α-hetero) is 1. The summed E-state index contributed by atoms with van der Waals surface area (Å²) in [5, 5.41) is 11.1. The van der Waals surface area contributed by atoms with E-state index in [1.54, 1.807) is 24.3 Å². The highest BCUT2D eigenvalue weighted by Gasteiger charge is 2.56. The van der Waals surface area contributed by atoms with Crippen LogP contribution in [0.1, 0.15) is 24.8 Å². The summed E-state index contributed by atoms with van der Waals surface area (Å²) in [6, 6.07) is 6.42. The molecule has 1 fully saturated rings. The molecule has 0 aliphatic heterocycles. The number of ketones is 1. The summed E-state index contributed by atoms with van der Waals surface area (Å²) < 4.78 is 9.56. The Hall–Kier alpha value is -1.92. The molecule has 24 heavy (non-hydrogen) atoms. The molecule has 1 saturated carbocycles. The molecule has 2 rings (SSSR count). The molecule has 4 atom stereocenters. The summed E-state index contributed by atoms with van der Waals surface area (Å²) in [4.78, 5) is 37.0. The molecule has 130 valence electrons. The molecule has 0 bridgehead atoms. The summed E-state index contributed by atoms with van der Waals surface area (Å²) in [5.74, 6) is -5.11. The molecule has 0 spiro atoms. The first kappa shape index (κ1) is 18.4. The van der Waals surface area contributed by atoms with Gasteiger partial charge in [0.25, 0.3) is 0 Å². The summed E-state index contributed by atoms with van der Waals surface area (Å²) in [5.41, 5.74) is -1.11. The summed E-state index contributed by atoms with van der Waals surface area (Å²) in [6.07, 6.45) is -0.337. The van der Waals surface area contributed by atoms with Crippen molar-refractivity contribution >= 4 is 29.3 Å². The minimum atomic E-state index is -1.64. The van der Waals surface area contributed by atoms with Gasteiger partial charge in [0, 0.05) is 17.4 Å². The number of hydrogen-bond acceptors (Lipinski definition) is 6. The number of hydrogen-bond donors (Lipinski definition) is 1. The summed E-state index contributed by atoms with van der Waals surface area (Å²) in [6.45, 7) is 1.39. The van der Waals surface area contributed by atoms with Crippen molar-refractivity contribution in [1.82, 2.24) is 0 Å². The van der Waals surface area contributed by atoms with Crippen LogP contribution in [0.15, 0.2) is 24.3 Å². The van der Waals surface area contributed by atoms with Crippen molar-refractivity contribution in [3.05, 3.63) is 34.9 Å². The molecule has 1 aliphatic rings. The van der Waals surface area contributed by atoms with Gasteiger partial charge in [-0.2, -0.15) is 0 Å². The molecule has 7 heteroatoms. The number of esters is 2. The second-order valence-electron chi connectivity index (χ2n) is 6.08. The Kier molecular flexibility index (Phi) is 5.30. The minimum Gasteiger partial charge on any atom is -0.469 e. The van der Waals surface area contributed by atoms with Gasteiger partial charge in [-0.1, -0.05) is 23.7 Å². The maximum atomic E-state index is 12.5. The first-order valence-corrected chi connectivity index (χ1v) is 7.77. The number of rotatable bonds is 3. The van der Waals surface area contributed by atoms with E-state index >= 15 is 0 Å². The molecule has 6 nitrogen and oxygen atoms in total. The fraction of sp³-hybridized carbons (Fsp3) is 0.471. The van der Waals surface area contributed by atoms with Crippen LogP contribution in [0.3, 0.4) is 0 Å². The van der Waals surface area contributed by atoms with E-state index in [4.69, 9.17) is 21.1 Å². The van der Waals surface area contributed by atoms with E-state index in [-0.39, 0.29) is 6.42 Å². The second-order valence-corrected chi connectivity index (χ2v) is 6.52. The molecule has 1 N–H and O–H groups in total. The number of aliphatic hydroxyl groups is 1. The maximum absolute atomic E-state index is 12.5. The van der Waals surface area contributed by atoms with Crippen LogP contribution in [0.25, 0.3) is 0 Å². The predicted molar refractivity (Wildman–Crippen MR) is 85.5 cm³/mol. The first-order valence-electron chi connectivity index (χ1n) is 7.39.